The molecule has 2 aromatic heterocycles. The standard InChI is InChI=1S/C14H17N3O3S/c1-10-14(11(2)20-16-10)21(18,19)17-9-5-7-13(17)12-6-3-4-8-15-12/h3-4,6,8,13H,5,7,9H2,1-2H3/t13-/m1/s1. The normalized spacial score (nSPS) is 20.0. The number of rotatable bonds is 3. The molecule has 1 atom stereocenters. The first-order valence-electron chi connectivity index (χ1n) is 6.87. The molecule has 1 fully saturated rings. The van der Waals surface area contributed by atoms with Gasteiger partial charge < -0.3 is 4.52 Å². The van der Waals surface area contributed by atoms with Gasteiger partial charge in [0.25, 0.3) is 0 Å². The molecule has 1 saturated heterocycles. The molecule has 1 aliphatic rings. The van der Waals surface area contributed by atoms with E-state index >= 15 is 0 Å². The van der Waals surface area contributed by atoms with E-state index < -0.39 is 10.0 Å². The fourth-order valence-corrected chi connectivity index (χ4v) is 4.82. The Labute approximate surface area is 123 Å². The second kappa shape index (κ2) is 5.23. The average Bonchev–Trinajstić information content (AvgIpc) is 3.07. The van der Waals surface area contributed by atoms with Crippen LogP contribution in [-0.2, 0) is 10.0 Å². The topological polar surface area (TPSA) is 76.3 Å². The first-order chi connectivity index (χ1) is 10.0. The molecule has 0 aliphatic carbocycles. The number of hydrogen-bond donors (Lipinski definition) is 0. The Morgan fingerprint density at radius 1 is 1.33 bits per heavy atom. The monoisotopic (exact) mass is 307 g/mol. The molecule has 1 aliphatic heterocycles. The van der Waals surface area contributed by atoms with Crippen LogP contribution in [0.15, 0.2) is 33.8 Å². The molecule has 112 valence electrons. The first kappa shape index (κ1) is 14.2. The highest BCUT2D eigenvalue weighted by Crippen LogP contribution is 2.37. The van der Waals surface area contributed by atoms with Crippen LogP contribution < -0.4 is 0 Å². The van der Waals surface area contributed by atoms with Crippen LogP contribution in [0.3, 0.4) is 0 Å². The van der Waals surface area contributed by atoms with Crippen LogP contribution >= 0.6 is 0 Å². The van der Waals surface area contributed by atoms with Crippen LogP contribution in [0, 0.1) is 13.8 Å². The number of sulfonamides is 1. The summed E-state index contributed by atoms with van der Waals surface area (Å²) >= 11 is 0. The van der Waals surface area contributed by atoms with E-state index in [4.69, 9.17) is 4.52 Å². The maximum atomic E-state index is 12.9. The Kier molecular flexibility index (Phi) is 3.54. The number of aryl methyl sites for hydroxylation is 2. The zero-order valence-corrected chi connectivity index (χ0v) is 12.8. The van der Waals surface area contributed by atoms with Crippen molar-refractivity contribution in [1.29, 1.82) is 0 Å². The smallest absolute Gasteiger partial charge is 0.249 e. The minimum absolute atomic E-state index is 0.185. The Bertz CT molecular complexity index is 721. The van der Waals surface area contributed by atoms with Gasteiger partial charge in [0.15, 0.2) is 5.76 Å². The number of aromatic nitrogens is 2. The molecule has 0 spiro atoms. The molecule has 0 amide bonds. The molecule has 0 radical (unpaired) electrons. The molecule has 2 aromatic rings. The van der Waals surface area contributed by atoms with Crippen molar-refractivity contribution in [3.63, 3.8) is 0 Å². The van der Waals surface area contributed by atoms with Crippen LogP contribution in [-0.4, -0.2) is 29.4 Å². The molecular weight excluding hydrogens is 290 g/mol. The van der Waals surface area contributed by atoms with E-state index in [9.17, 15) is 8.42 Å². The van der Waals surface area contributed by atoms with Gasteiger partial charge in [-0.3, -0.25) is 4.98 Å². The van der Waals surface area contributed by atoms with Gasteiger partial charge in [0, 0.05) is 12.7 Å². The molecule has 0 aromatic carbocycles. The van der Waals surface area contributed by atoms with Gasteiger partial charge in [0.2, 0.25) is 10.0 Å². The fourth-order valence-electron chi connectivity index (χ4n) is 2.86. The van der Waals surface area contributed by atoms with Crippen LogP contribution in [0.25, 0.3) is 0 Å². The molecular formula is C14H17N3O3S. The van der Waals surface area contributed by atoms with Crippen molar-refractivity contribution in [2.75, 3.05) is 6.54 Å². The van der Waals surface area contributed by atoms with Crippen molar-refractivity contribution in [3.8, 4) is 0 Å². The lowest BCUT2D eigenvalue weighted by atomic mass is 10.1. The summed E-state index contributed by atoms with van der Waals surface area (Å²) in [6, 6.07) is 5.35. The van der Waals surface area contributed by atoms with Crippen molar-refractivity contribution in [2.24, 2.45) is 0 Å². The molecule has 7 heteroatoms. The van der Waals surface area contributed by atoms with E-state index in [1.165, 1.54) is 4.31 Å². The van der Waals surface area contributed by atoms with Gasteiger partial charge in [-0.15, -0.1) is 0 Å². The molecule has 3 rings (SSSR count). The first-order valence-corrected chi connectivity index (χ1v) is 8.31. The summed E-state index contributed by atoms with van der Waals surface area (Å²) in [6.45, 7) is 3.77. The average molecular weight is 307 g/mol. The van der Waals surface area contributed by atoms with Gasteiger partial charge in [-0.2, -0.15) is 4.31 Å². The largest absolute Gasteiger partial charge is 0.360 e. The zero-order chi connectivity index (χ0) is 15.0. The van der Waals surface area contributed by atoms with Crippen molar-refractivity contribution in [3.05, 3.63) is 41.5 Å². The van der Waals surface area contributed by atoms with Gasteiger partial charge >= 0.3 is 0 Å². The van der Waals surface area contributed by atoms with Crippen LogP contribution in [0.1, 0.15) is 36.0 Å². The lowest BCUT2D eigenvalue weighted by Crippen LogP contribution is -2.31. The molecule has 0 bridgehead atoms. The summed E-state index contributed by atoms with van der Waals surface area (Å²) in [7, 11) is -3.62. The Morgan fingerprint density at radius 3 is 2.76 bits per heavy atom. The summed E-state index contributed by atoms with van der Waals surface area (Å²) in [5, 5.41) is 3.76. The molecule has 0 N–H and O–H groups in total. The van der Waals surface area contributed by atoms with E-state index in [0.29, 0.717) is 18.0 Å². The SMILES string of the molecule is Cc1noc(C)c1S(=O)(=O)N1CCC[C@@H]1c1ccccn1. The third-order valence-electron chi connectivity index (χ3n) is 3.77. The maximum absolute atomic E-state index is 12.9. The van der Waals surface area contributed by atoms with E-state index in [0.717, 1.165) is 18.5 Å². The van der Waals surface area contributed by atoms with Crippen molar-refractivity contribution >= 4 is 10.0 Å². The quantitative estimate of drug-likeness (QED) is 0.869. The van der Waals surface area contributed by atoms with Crippen molar-refractivity contribution in [1.82, 2.24) is 14.4 Å². The van der Waals surface area contributed by atoms with Gasteiger partial charge in [0.05, 0.1) is 11.7 Å². The minimum atomic E-state index is -3.62. The number of nitrogens with zero attached hydrogens (tertiary/aromatic N) is 3. The lowest BCUT2D eigenvalue weighted by molar-refractivity contribution is 0.381. The predicted octanol–water partition coefficient (Wildman–Crippen LogP) is 2.21. The van der Waals surface area contributed by atoms with E-state index in [1.807, 2.05) is 18.2 Å². The Morgan fingerprint density at radius 2 is 2.14 bits per heavy atom. The van der Waals surface area contributed by atoms with Gasteiger partial charge in [-0.05, 0) is 38.8 Å². The Balaban J connectivity index is 2.03. The van der Waals surface area contributed by atoms with Crippen LogP contribution in [0.4, 0.5) is 0 Å². The summed E-state index contributed by atoms with van der Waals surface area (Å²) in [5.41, 5.74) is 1.18. The number of pyridine rings is 1. The highest BCUT2D eigenvalue weighted by atomic mass is 32.2. The summed E-state index contributed by atoms with van der Waals surface area (Å²) < 4.78 is 32.4. The van der Waals surface area contributed by atoms with Crippen molar-refractivity contribution < 1.29 is 12.9 Å². The molecule has 21 heavy (non-hydrogen) atoms. The zero-order valence-electron chi connectivity index (χ0n) is 12.0. The third-order valence-corrected chi connectivity index (χ3v) is 5.92. The highest BCUT2D eigenvalue weighted by Gasteiger charge is 2.39. The third kappa shape index (κ3) is 2.36. The predicted molar refractivity (Wildman–Crippen MR) is 76.1 cm³/mol. The van der Waals surface area contributed by atoms with Crippen LogP contribution in [0.5, 0.6) is 0 Å². The Hall–Kier alpha value is -1.73. The maximum Gasteiger partial charge on any atom is 0.249 e. The van der Waals surface area contributed by atoms with Crippen molar-refractivity contribution in [2.45, 2.75) is 37.6 Å². The van der Waals surface area contributed by atoms with Gasteiger partial charge in [0.1, 0.15) is 10.6 Å². The highest BCUT2D eigenvalue weighted by molar-refractivity contribution is 7.89. The molecule has 0 saturated carbocycles. The van der Waals surface area contributed by atoms with Crippen LogP contribution in [0.2, 0.25) is 0 Å². The summed E-state index contributed by atoms with van der Waals surface area (Å²) in [4.78, 5) is 4.49. The summed E-state index contributed by atoms with van der Waals surface area (Å²) in [5.74, 6) is 0.333. The lowest BCUT2D eigenvalue weighted by Gasteiger charge is -2.23. The van der Waals surface area contributed by atoms with E-state index in [-0.39, 0.29) is 10.9 Å². The molecule has 6 nitrogen and oxygen atoms in total. The van der Waals surface area contributed by atoms with Gasteiger partial charge in [-0.1, -0.05) is 11.2 Å². The molecule has 3 heterocycles. The second-order valence-corrected chi connectivity index (χ2v) is 7.01. The van der Waals surface area contributed by atoms with E-state index in [2.05, 4.69) is 10.1 Å². The van der Waals surface area contributed by atoms with E-state index in [1.54, 1.807) is 20.0 Å². The summed E-state index contributed by atoms with van der Waals surface area (Å²) in [6.07, 6.45) is 3.29. The van der Waals surface area contributed by atoms with Gasteiger partial charge in [-0.25, -0.2) is 8.42 Å². The second-order valence-electron chi connectivity index (χ2n) is 5.18. The molecule has 0 unspecified atom stereocenters. The number of hydrogen-bond acceptors (Lipinski definition) is 5. The fraction of sp³-hybridized carbons (Fsp3) is 0.429. The minimum Gasteiger partial charge on any atom is -0.360 e.